The van der Waals surface area contributed by atoms with E-state index in [1.165, 1.54) is 21.1 Å². The number of Topliss-reactive ketones (excluding diaryl/α,β-unsaturated/α-hetero) is 1. The van der Waals surface area contributed by atoms with Gasteiger partial charge >= 0.3 is 5.97 Å². The zero-order chi connectivity index (χ0) is 9.78. The predicted molar refractivity (Wildman–Crippen MR) is 39.7 cm³/mol. The van der Waals surface area contributed by atoms with Crippen LogP contribution in [0.25, 0.3) is 0 Å². The topological polar surface area (TPSA) is 72.8 Å². The zero-order valence-electron chi connectivity index (χ0n) is 7.79. The second-order valence-corrected chi connectivity index (χ2v) is 2.35. The number of carbonyl (C=O) groups is 2. The van der Waals surface area contributed by atoms with Gasteiger partial charge in [-0.05, 0) is 6.92 Å². The predicted octanol–water partition coefficient (Wildman–Crippen LogP) is 0.0367. The van der Waals surface area contributed by atoms with E-state index in [-0.39, 0.29) is 21.7 Å². The van der Waals surface area contributed by atoms with Crippen LogP contribution in [0.4, 0.5) is 0 Å². The van der Waals surface area contributed by atoms with Crippen molar-refractivity contribution in [3.63, 3.8) is 0 Å². The van der Waals surface area contributed by atoms with Crippen molar-refractivity contribution in [3.8, 4) is 0 Å². The molecule has 0 aromatic heterocycles. The summed E-state index contributed by atoms with van der Waals surface area (Å²) in [4.78, 5) is 21.3. The van der Waals surface area contributed by atoms with E-state index in [1.54, 1.807) is 0 Å². The van der Waals surface area contributed by atoms with Gasteiger partial charge in [-0.25, -0.2) is 0 Å². The Bertz CT molecular complexity index is 187. The van der Waals surface area contributed by atoms with Gasteiger partial charge in [0.1, 0.15) is 6.42 Å². The molecule has 0 saturated carbocycles. The fourth-order valence-corrected chi connectivity index (χ4v) is 0.609. The average Bonchev–Trinajstić information content (AvgIpc) is 2.02. The Morgan fingerprint density at radius 1 is 1.31 bits per heavy atom. The van der Waals surface area contributed by atoms with E-state index in [0.29, 0.717) is 0 Å². The molecule has 0 unspecified atom stereocenters. The van der Waals surface area contributed by atoms with Crippen LogP contribution in [0.1, 0.15) is 13.3 Å². The summed E-state index contributed by atoms with van der Waals surface area (Å²) in [7, 11) is 2.56. The molecule has 0 spiro atoms. The molecule has 0 rings (SSSR count). The van der Waals surface area contributed by atoms with Crippen LogP contribution < -0.4 is 0 Å². The summed E-state index contributed by atoms with van der Waals surface area (Å²) in [6.45, 7) is 1.37. The molecule has 0 aliphatic heterocycles. The molecule has 5 nitrogen and oxygen atoms in total. The number of hydrogen-bond acceptors (Lipinski definition) is 4. The number of ketones is 1. The Hall–Kier alpha value is -0.226. The number of hydrogen-bond donors (Lipinski definition) is 1. The molecule has 0 aromatic carbocycles. The minimum Gasteiger partial charge on any atom is -0.481 e. The molecular formula is C7H12O5Ti. The Morgan fingerprint density at radius 2 is 1.69 bits per heavy atom. The third kappa shape index (κ3) is 4.52. The van der Waals surface area contributed by atoms with E-state index in [4.69, 9.17) is 14.6 Å². The molecule has 0 aliphatic rings. The summed E-state index contributed by atoms with van der Waals surface area (Å²) in [5, 5.41) is 8.31. The van der Waals surface area contributed by atoms with E-state index in [1.807, 2.05) is 0 Å². The first kappa shape index (κ1) is 15.3. The van der Waals surface area contributed by atoms with Crippen LogP contribution in [-0.4, -0.2) is 36.9 Å². The fourth-order valence-electron chi connectivity index (χ4n) is 0.609. The Balaban J connectivity index is 0. The minimum absolute atomic E-state index is 0. The van der Waals surface area contributed by atoms with Crippen molar-refractivity contribution in [1.29, 1.82) is 0 Å². The molecule has 6 heteroatoms. The summed E-state index contributed by atoms with van der Waals surface area (Å²) >= 11 is 0. The minimum atomic E-state index is -1.45. The van der Waals surface area contributed by atoms with Crippen molar-refractivity contribution in [1.82, 2.24) is 0 Å². The van der Waals surface area contributed by atoms with Gasteiger partial charge in [0.2, 0.25) is 11.6 Å². The SMILES string of the molecule is COC(C)(OC)C(=O)CC(=O)O.[Ti]. The molecule has 0 heterocycles. The molecule has 0 atom stereocenters. The quantitative estimate of drug-likeness (QED) is 0.405. The van der Waals surface area contributed by atoms with Crippen LogP contribution in [0.2, 0.25) is 0 Å². The van der Waals surface area contributed by atoms with Crippen LogP contribution in [0.3, 0.4) is 0 Å². The van der Waals surface area contributed by atoms with Gasteiger partial charge in [0.05, 0.1) is 0 Å². The molecular weight excluding hydrogens is 212 g/mol. The van der Waals surface area contributed by atoms with Gasteiger partial charge in [-0.3, -0.25) is 9.59 Å². The van der Waals surface area contributed by atoms with Gasteiger partial charge < -0.3 is 14.6 Å². The first-order valence-electron chi connectivity index (χ1n) is 3.31. The number of carboxylic acid groups (broad SMARTS) is 1. The normalized spacial score (nSPS) is 10.4. The van der Waals surface area contributed by atoms with Crippen molar-refractivity contribution in [2.45, 2.75) is 19.1 Å². The molecule has 13 heavy (non-hydrogen) atoms. The van der Waals surface area contributed by atoms with Gasteiger partial charge in [0, 0.05) is 35.9 Å². The Labute approximate surface area is 91.3 Å². The summed E-state index contributed by atoms with van der Waals surface area (Å²) in [5.41, 5.74) is 0. The first-order valence-corrected chi connectivity index (χ1v) is 3.31. The Kier molecular flexibility index (Phi) is 7.35. The second kappa shape index (κ2) is 6.26. The maximum absolute atomic E-state index is 11.1. The molecule has 0 saturated heterocycles. The molecule has 0 radical (unpaired) electrons. The molecule has 0 amide bonds. The summed E-state index contributed by atoms with van der Waals surface area (Å²) in [6.07, 6.45) is -0.599. The van der Waals surface area contributed by atoms with Gasteiger partial charge in [0.15, 0.2) is 0 Å². The summed E-state index contributed by atoms with van der Waals surface area (Å²) in [6, 6.07) is 0. The van der Waals surface area contributed by atoms with Crippen molar-refractivity contribution in [3.05, 3.63) is 0 Å². The molecule has 74 valence electrons. The zero-order valence-corrected chi connectivity index (χ0v) is 9.35. The second-order valence-electron chi connectivity index (χ2n) is 2.35. The van der Waals surface area contributed by atoms with E-state index in [9.17, 15) is 9.59 Å². The fraction of sp³-hybridized carbons (Fsp3) is 0.714. The van der Waals surface area contributed by atoms with E-state index in [2.05, 4.69) is 0 Å². The van der Waals surface area contributed by atoms with E-state index in [0.717, 1.165) is 0 Å². The Morgan fingerprint density at radius 3 is 1.92 bits per heavy atom. The molecule has 0 aliphatic carbocycles. The van der Waals surface area contributed by atoms with Gasteiger partial charge in [-0.15, -0.1) is 0 Å². The van der Waals surface area contributed by atoms with Gasteiger partial charge in [0.25, 0.3) is 0 Å². The van der Waals surface area contributed by atoms with Crippen LogP contribution in [0.15, 0.2) is 0 Å². The number of carbonyl (C=O) groups excluding carboxylic acids is 1. The van der Waals surface area contributed by atoms with Crippen LogP contribution in [0, 0.1) is 0 Å². The monoisotopic (exact) mass is 224 g/mol. The maximum Gasteiger partial charge on any atom is 0.311 e. The summed E-state index contributed by atoms with van der Waals surface area (Å²) in [5.74, 6) is -3.25. The maximum atomic E-state index is 11.1. The molecule has 1 N–H and O–H groups in total. The first-order chi connectivity index (χ1) is 5.46. The van der Waals surface area contributed by atoms with Crippen molar-refractivity contribution in [2.24, 2.45) is 0 Å². The number of rotatable bonds is 5. The standard InChI is InChI=1S/C7H12O5.Ti/c1-7(11-2,12-3)5(8)4-6(9)10;/h4H2,1-3H3,(H,9,10);. The van der Waals surface area contributed by atoms with Crippen LogP contribution in [-0.2, 0) is 40.8 Å². The van der Waals surface area contributed by atoms with Crippen LogP contribution in [0.5, 0.6) is 0 Å². The molecule has 0 bridgehead atoms. The smallest absolute Gasteiger partial charge is 0.311 e. The number of aliphatic carboxylic acids is 1. The molecule has 0 fully saturated rings. The van der Waals surface area contributed by atoms with E-state index < -0.39 is 24.0 Å². The number of carboxylic acids is 1. The number of ether oxygens (including phenoxy) is 2. The largest absolute Gasteiger partial charge is 0.481 e. The molecule has 0 aromatic rings. The van der Waals surface area contributed by atoms with Gasteiger partial charge in [-0.2, -0.15) is 0 Å². The third-order valence-corrected chi connectivity index (χ3v) is 1.60. The van der Waals surface area contributed by atoms with E-state index >= 15 is 0 Å². The van der Waals surface area contributed by atoms with Crippen molar-refractivity contribution in [2.75, 3.05) is 14.2 Å². The number of methoxy groups -OCH3 is 2. The third-order valence-electron chi connectivity index (χ3n) is 1.60. The van der Waals surface area contributed by atoms with Crippen molar-refractivity contribution < 1.29 is 45.9 Å². The van der Waals surface area contributed by atoms with Gasteiger partial charge in [-0.1, -0.05) is 0 Å². The van der Waals surface area contributed by atoms with Crippen LogP contribution >= 0.6 is 0 Å². The summed E-state index contributed by atoms with van der Waals surface area (Å²) < 4.78 is 9.43. The average molecular weight is 224 g/mol. The van der Waals surface area contributed by atoms with Crippen molar-refractivity contribution >= 4 is 11.8 Å².